The molecule has 3 rings (SSSR count). The molecule has 2 fully saturated rings. The summed E-state index contributed by atoms with van der Waals surface area (Å²) < 4.78 is 0. The number of rotatable bonds is 2. The lowest BCUT2D eigenvalue weighted by atomic mass is 10.2. The Bertz CT molecular complexity index is 515. The second-order valence-electron chi connectivity index (χ2n) is 4.95. The lowest BCUT2D eigenvalue weighted by Gasteiger charge is -2.22. The number of pyridine rings is 1. The predicted molar refractivity (Wildman–Crippen MR) is 69.8 cm³/mol. The number of aromatic nitrogens is 1. The Hall–Kier alpha value is -2.11. The first-order valence-electron chi connectivity index (χ1n) is 6.43. The Morgan fingerprint density at radius 3 is 2.89 bits per heavy atom. The van der Waals surface area contributed by atoms with Crippen molar-refractivity contribution in [3.63, 3.8) is 0 Å². The summed E-state index contributed by atoms with van der Waals surface area (Å²) in [6, 6.07) is 5.57. The van der Waals surface area contributed by atoms with Gasteiger partial charge in [-0.2, -0.15) is 0 Å². The van der Waals surface area contributed by atoms with E-state index in [0.29, 0.717) is 6.54 Å². The van der Waals surface area contributed by atoms with Crippen LogP contribution in [0.4, 0.5) is 10.6 Å². The van der Waals surface area contributed by atoms with Crippen molar-refractivity contribution in [2.75, 3.05) is 24.5 Å². The fraction of sp³-hybridized carbons (Fsp3) is 0.462. The van der Waals surface area contributed by atoms with Crippen LogP contribution in [0.1, 0.15) is 12.1 Å². The summed E-state index contributed by atoms with van der Waals surface area (Å²) in [4.78, 5) is 31.3. The number of nitrogens with one attached hydrogen (secondary N) is 1. The minimum atomic E-state index is -0.269. The molecule has 1 atom stereocenters. The third-order valence-corrected chi connectivity index (χ3v) is 3.60. The van der Waals surface area contributed by atoms with Crippen molar-refractivity contribution >= 4 is 17.8 Å². The molecule has 1 unspecified atom stereocenters. The van der Waals surface area contributed by atoms with Crippen LogP contribution >= 0.6 is 0 Å². The van der Waals surface area contributed by atoms with E-state index < -0.39 is 0 Å². The zero-order valence-electron chi connectivity index (χ0n) is 10.8. The molecule has 2 aliphatic rings. The zero-order valence-corrected chi connectivity index (χ0v) is 10.8. The average molecular weight is 260 g/mol. The molecule has 0 radical (unpaired) electrons. The van der Waals surface area contributed by atoms with Gasteiger partial charge in [-0.1, -0.05) is 6.07 Å². The maximum absolute atomic E-state index is 11.7. The smallest absolute Gasteiger partial charge is 0.324 e. The van der Waals surface area contributed by atoms with Crippen LogP contribution in [-0.4, -0.2) is 47.5 Å². The van der Waals surface area contributed by atoms with E-state index in [1.807, 2.05) is 25.1 Å². The van der Waals surface area contributed by atoms with Gasteiger partial charge in [0.05, 0.1) is 12.6 Å². The highest BCUT2D eigenvalue weighted by atomic mass is 16.2. The van der Waals surface area contributed by atoms with Crippen molar-refractivity contribution in [2.45, 2.75) is 19.4 Å². The molecule has 1 aromatic rings. The Labute approximate surface area is 111 Å². The maximum atomic E-state index is 11.7. The number of hydrogen-bond donors (Lipinski definition) is 1. The minimum absolute atomic E-state index is 0.0442. The van der Waals surface area contributed by atoms with Crippen LogP contribution in [0.5, 0.6) is 0 Å². The molecule has 0 bridgehead atoms. The highest BCUT2D eigenvalue weighted by Gasteiger charge is 2.38. The lowest BCUT2D eigenvalue weighted by molar-refractivity contribution is -0.126. The van der Waals surface area contributed by atoms with Crippen LogP contribution in [0.15, 0.2) is 18.2 Å². The van der Waals surface area contributed by atoms with Crippen molar-refractivity contribution < 1.29 is 9.59 Å². The molecule has 3 heterocycles. The van der Waals surface area contributed by atoms with Gasteiger partial charge in [0.25, 0.3) is 0 Å². The van der Waals surface area contributed by atoms with Crippen LogP contribution in [0.3, 0.4) is 0 Å². The molecular weight excluding hydrogens is 244 g/mol. The molecule has 0 aromatic carbocycles. The summed E-state index contributed by atoms with van der Waals surface area (Å²) in [5.74, 6) is 0.781. The summed E-state index contributed by atoms with van der Waals surface area (Å²) in [6.45, 7) is 3.56. The number of urea groups is 1. The molecule has 0 saturated carbocycles. The highest BCUT2D eigenvalue weighted by molar-refractivity contribution is 6.02. The van der Waals surface area contributed by atoms with Gasteiger partial charge in [0.2, 0.25) is 5.91 Å². The van der Waals surface area contributed by atoms with Crippen LogP contribution in [-0.2, 0) is 4.79 Å². The number of imide groups is 1. The Balaban J connectivity index is 1.74. The normalized spacial score (nSPS) is 23.1. The fourth-order valence-corrected chi connectivity index (χ4v) is 2.67. The van der Waals surface area contributed by atoms with Crippen molar-refractivity contribution in [1.29, 1.82) is 0 Å². The number of amides is 3. The summed E-state index contributed by atoms with van der Waals surface area (Å²) >= 11 is 0. The SMILES string of the molecule is Cc1cccc(N2CCC(N3C(=O)CNC3=O)C2)n1. The third-order valence-electron chi connectivity index (χ3n) is 3.60. The second-order valence-corrected chi connectivity index (χ2v) is 4.95. The van der Waals surface area contributed by atoms with Gasteiger partial charge in [0.15, 0.2) is 0 Å². The quantitative estimate of drug-likeness (QED) is 0.787. The highest BCUT2D eigenvalue weighted by Crippen LogP contribution is 2.22. The number of carbonyl (C=O) groups excluding carboxylic acids is 2. The molecule has 6 heteroatoms. The van der Waals surface area contributed by atoms with Gasteiger partial charge in [-0.15, -0.1) is 0 Å². The van der Waals surface area contributed by atoms with Gasteiger partial charge in [-0.3, -0.25) is 9.69 Å². The van der Waals surface area contributed by atoms with Crippen molar-refractivity contribution in [1.82, 2.24) is 15.2 Å². The number of nitrogens with zero attached hydrogens (tertiary/aromatic N) is 3. The molecule has 6 nitrogen and oxygen atoms in total. The average Bonchev–Trinajstić information content (AvgIpc) is 2.97. The molecule has 3 amide bonds. The Morgan fingerprint density at radius 2 is 2.21 bits per heavy atom. The lowest BCUT2D eigenvalue weighted by Crippen LogP contribution is -2.42. The van der Waals surface area contributed by atoms with Crippen LogP contribution < -0.4 is 10.2 Å². The number of carbonyl (C=O) groups is 2. The summed E-state index contributed by atoms with van der Waals surface area (Å²) in [5, 5.41) is 2.56. The van der Waals surface area contributed by atoms with Crippen LogP contribution in [0, 0.1) is 6.92 Å². The third kappa shape index (κ3) is 2.14. The zero-order chi connectivity index (χ0) is 13.4. The predicted octanol–water partition coefficient (Wildman–Crippen LogP) is 0.521. The molecule has 1 aromatic heterocycles. The van der Waals surface area contributed by atoms with Gasteiger partial charge < -0.3 is 10.2 Å². The largest absolute Gasteiger partial charge is 0.354 e. The fourth-order valence-electron chi connectivity index (χ4n) is 2.67. The monoisotopic (exact) mass is 260 g/mol. The molecule has 2 aliphatic heterocycles. The first kappa shape index (κ1) is 12.0. The van der Waals surface area contributed by atoms with Crippen molar-refractivity contribution in [3.05, 3.63) is 23.9 Å². The summed E-state index contributed by atoms with van der Waals surface area (Å²) in [5.41, 5.74) is 0.968. The van der Waals surface area contributed by atoms with E-state index in [1.54, 1.807) is 0 Å². The molecule has 1 N–H and O–H groups in total. The van der Waals surface area contributed by atoms with Crippen molar-refractivity contribution in [3.8, 4) is 0 Å². The first-order chi connectivity index (χ1) is 9.15. The molecule has 2 saturated heterocycles. The molecular formula is C13H16N4O2. The van der Waals surface area contributed by atoms with Gasteiger partial charge in [0.1, 0.15) is 5.82 Å². The summed E-state index contributed by atoms with van der Waals surface area (Å²) in [7, 11) is 0. The second kappa shape index (κ2) is 4.53. The first-order valence-corrected chi connectivity index (χ1v) is 6.43. The van der Waals surface area contributed by atoms with Crippen molar-refractivity contribution in [2.24, 2.45) is 0 Å². The van der Waals surface area contributed by atoms with E-state index in [1.165, 1.54) is 4.90 Å². The van der Waals surface area contributed by atoms with Gasteiger partial charge >= 0.3 is 6.03 Å². The van der Waals surface area contributed by atoms with Gasteiger partial charge in [0, 0.05) is 18.8 Å². The molecule has 0 aliphatic carbocycles. The van der Waals surface area contributed by atoms with E-state index in [9.17, 15) is 9.59 Å². The van der Waals surface area contributed by atoms with Crippen LogP contribution in [0.25, 0.3) is 0 Å². The van der Waals surface area contributed by atoms with E-state index in [-0.39, 0.29) is 24.5 Å². The topological polar surface area (TPSA) is 65.5 Å². The maximum Gasteiger partial charge on any atom is 0.324 e. The minimum Gasteiger partial charge on any atom is -0.354 e. The molecule has 19 heavy (non-hydrogen) atoms. The van der Waals surface area contributed by atoms with E-state index in [2.05, 4.69) is 15.2 Å². The molecule has 100 valence electrons. The van der Waals surface area contributed by atoms with E-state index >= 15 is 0 Å². The number of hydrogen-bond acceptors (Lipinski definition) is 4. The van der Waals surface area contributed by atoms with Gasteiger partial charge in [-0.25, -0.2) is 9.78 Å². The van der Waals surface area contributed by atoms with Crippen LogP contribution in [0.2, 0.25) is 0 Å². The van der Waals surface area contributed by atoms with E-state index in [0.717, 1.165) is 24.5 Å². The Morgan fingerprint density at radius 1 is 1.37 bits per heavy atom. The number of anilines is 1. The summed E-state index contributed by atoms with van der Waals surface area (Å²) in [6.07, 6.45) is 0.800. The number of aryl methyl sites for hydroxylation is 1. The standard InChI is InChI=1S/C13H16N4O2/c1-9-3-2-4-11(15-9)16-6-5-10(8-16)17-12(18)7-14-13(17)19/h2-4,10H,5-8H2,1H3,(H,14,19). The van der Waals surface area contributed by atoms with Gasteiger partial charge in [-0.05, 0) is 25.5 Å². The Kier molecular flexibility index (Phi) is 2.85. The van der Waals surface area contributed by atoms with E-state index in [4.69, 9.17) is 0 Å². The molecule has 0 spiro atoms.